The molecule has 7 nitrogen and oxygen atoms in total. The third-order valence-corrected chi connectivity index (χ3v) is 7.83. The molecule has 5 atom stereocenters. The van der Waals surface area contributed by atoms with Gasteiger partial charge in [-0.05, 0) is 88.3 Å². The van der Waals surface area contributed by atoms with Crippen molar-refractivity contribution in [3.8, 4) is 0 Å². The SMILES string of the molecule is CC(=O)/C(C)=C/[C@@H](C)CC[C@@H]1CCC[C@]2(CC[C@H](C)[C@@H](CCCNC(=O)c3ccccc3C(=O)O)O2)O1. The Balaban J connectivity index is 1.48. The highest BCUT2D eigenvalue weighted by Crippen LogP contribution is 2.43. The van der Waals surface area contributed by atoms with Crippen LogP contribution in [0, 0.1) is 11.8 Å². The lowest BCUT2D eigenvalue weighted by Crippen LogP contribution is -2.50. The second-order valence-electron chi connectivity index (χ2n) is 10.9. The van der Waals surface area contributed by atoms with Gasteiger partial charge in [-0.3, -0.25) is 9.59 Å². The van der Waals surface area contributed by atoms with Gasteiger partial charge >= 0.3 is 5.97 Å². The first kappa shape index (κ1) is 29.1. The van der Waals surface area contributed by atoms with Gasteiger partial charge in [-0.25, -0.2) is 4.79 Å². The molecule has 1 aromatic carbocycles. The van der Waals surface area contributed by atoms with Crippen LogP contribution in [0.4, 0.5) is 0 Å². The van der Waals surface area contributed by atoms with Crippen LogP contribution in [0.15, 0.2) is 35.9 Å². The van der Waals surface area contributed by atoms with Crippen LogP contribution in [0.3, 0.4) is 0 Å². The van der Waals surface area contributed by atoms with E-state index in [1.54, 1.807) is 19.1 Å². The Morgan fingerprint density at radius 3 is 2.54 bits per heavy atom. The second kappa shape index (κ2) is 13.3. The van der Waals surface area contributed by atoms with Crippen molar-refractivity contribution in [2.45, 2.75) is 103 Å². The number of carbonyl (C=O) groups excluding carboxylic acids is 2. The van der Waals surface area contributed by atoms with Gasteiger partial charge in [0.15, 0.2) is 11.6 Å². The van der Waals surface area contributed by atoms with E-state index in [1.807, 2.05) is 6.92 Å². The lowest BCUT2D eigenvalue weighted by molar-refractivity contribution is -0.324. The number of allylic oxidation sites excluding steroid dienone is 2. The molecule has 2 aliphatic rings. The maximum atomic E-state index is 12.5. The molecule has 37 heavy (non-hydrogen) atoms. The molecule has 2 fully saturated rings. The Morgan fingerprint density at radius 2 is 1.84 bits per heavy atom. The van der Waals surface area contributed by atoms with Gasteiger partial charge < -0.3 is 19.9 Å². The summed E-state index contributed by atoms with van der Waals surface area (Å²) in [6.45, 7) is 8.31. The number of hydrogen-bond donors (Lipinski definition) is 2. The number of benzene rings is 1. The molecule has 7 heteroatoms. The molecule has 1 amide bonds. The first-order valence-electron chi connectivity index (χ1n) is 13.8. The molecule has 0 radical (unpaired) electrons. The Morgan fingerprint density at radius 1 is 1.11 bits per heavy atom. The molecule has 0 bridgehead atoms. The molecule has 0 aliphatic carbocycles. The monoisotopic (exact) mass is 513 g/mol. The number of carboxylic acids is 1. The summed E-state index contributed by atoms with van der Waals surface area (Å²) in [5.74, 6) is -1.12. The molecule has 1 aromatic rings. The van der Waals surface area contributed by atoms with E-state index in [0.29, 0.717) is 18.4 Å². The Bertz CT molecular complexity index is 988. The molecule has 0 saturated carbocycles. The van der Waals surface area contributed by atoms with Gasteiger partial charge in [0.05, 0.1) is 23.3 Å². The predicted octanol–water partition coefficient (Wildman–Crippen LogP) is 5.93. The summed E-state index contributed by atoms with van der Waals surface area (Å²) in [7, 11) is 0. The lowest BCUT2D eigenvalue weighted by atomic mass is 9.85. The summed E-state index contributed by atoms with van der Waals surface area (Å²) in [6, 6.07) is 6.26. The summed E-state index contributed by atoms with van der Waals surface area (Å²) in [6.07, 6.45) is 10.8. The average molecular weight is 514 g/mol. The molecule has 2 heterocycles. The molecule has 204 valence electrons. The van der Waals surface area contributed by atoms with Crippen molar-refractivity contribution in [3.05, 3.63) is 47.0 Å². The number of carbonyl (C=O) groups is 3. The van der Waals surface area contributed by atoms with Crippen molar-refractivity contribution < 1.29 is 29.0 Å². The number of hydrogen-bond acceptors (Lipinski definition) is 5. The highest BCUT2D eigenvalue weighted by atomic mass is 16.7. The van der Waals surface area contributed by atoms with Crippen molar-refractivity contribution in [2.75, 3.05) is 6.54 Å². The number of aromatic carboxylic acids is 1. The van der Waals surface area contributed by atoms with Crippen LogP contribution in [0.1, 0.15) is 106 Å². The molecule has 2 aliphatic heterocycles. The third kappa shape index (κ3) is 8.24. The quantitative estimate of drug-likeness (QED) is 0.281. The molecule has 1 spiro atoms. The van der Waals surface area contributed by atoms with Gasteiger partial charge in [-0.2, -0.15) is 0 Å². The fourth-order valence-corrected chi connectivity index (χ4v) is 5.47. The van der Waals surface area contributed by atoms with Crippen LogP contribution in [0.2, 0.25) is 0 Å². The van der Waals surface area contributed by atoms with E-state index in [0.717, 1.165) is 63.4 Å². The standard InChI is InChI=1S/C30H43NO6/c1-20(19-22(3)23(4)32)13-14-24-9-7-16-30(36-24)17-15-21(2)27(37-30)12-8-18-31-28(33)25-10-5-6-11-26(25)29(34)35/h5-6,10-11,19-21,24,27H,7-9,12-18H2,1-4H3,(H,31,33)(H,34,35)/b22-19+/t20-,21-,24-,27+,30-/m0/s1. The van der Waals surface area contributed by atoms with Crippen LogP contribution in [0.25, 0.3) is 0 Å². The molecule has 2 saturated heterocycles. The van der Waals surface area contributed by atoms with E-state index in [4.69, 9.17) is 9.47 Å². The minimum atomic E-state index is -1.11. The fraction of sp³-hybridized carbons (Fsp3) is 0.633. The van der Waals surface area contributed by atoms with E-state index in [-0.39, 0.29) is 35.0 Å². The van der Waals surface area contributed by atoms with Gasteiger partial charge in [0.1, 0.15) is 0 Å². The number of ketones is 1. The molecule has 3 rings (SSSR count). The topological polar surface area (TPSA) is 102 Å². The fourth-order valence-electron chi connectivity index (χ4n) is 5.47. The third-order valence-electron chi connectivity index (χ3n) is 7.83. The maximum Gasteiger partial charge on any atom is 0.336 e. The largest absolute Gasteiger partial charge is 0.478 e. The summed E-state index contributed by atoms with van der Waals surface area (Å²) >= 11 is 0. The minimum absolute atomic E-state index is 0.00887. The van der Waals surface area contributed by atoms with Crippen LogP contribution in [0.5, 0.6) is 0 Å². The van der Waals surface area contributed by atoms with Crippen LogP contribution in [-0.4, -0.2) is 47.3 Å². The van der Waals surface area contributed by atoms with Crippen molar-refractivity contribution in [1.82, 2.24) is 5.32 Å². The highest BCUT2D eigenvalue weighted by Gasteiger charge is 2.44. The molecule has 0 unspecified atom stereocenters. The molecular formula is C30H43NO6. The van der Waals surface area contributed by atoms with Crippen molar-refractivity contribution >= 4 is 17.7 Å². The van der Waals surface area contributed by atoms with E-state index < -0.39 is 11.8 Å². The Labute approximate surface area is 221 Å². The lowest BCUT2D eigenvalue weighted by Gasteiger charge is -2.48. The van der Waals surface area contributed by atoms with Crippen molar-refractivity contribution in [1.29, 1.82) is 0 Å². The first-order valence-corrected chi connectivity index (χ1v) is 13.8. The van der Waals surface area contributed by atoms with Gasteiger partial charge in [-0.15, -0.1) is 0 Å². The maximum absolute atomic E-state index is 12.5. The van der Waals surface area contributed by atoms with Crippen LogP contribution in [-0.2, 0) is 14.3 Å². The highest BCUT2D eigenvalue weighted by molar-refractivity contribution is 6.04. The van der Waals surface area contributed by atoms with E-state index in [9.17, 15) is 19.5 Å². The van der Waals surface area contributed by atoms with Crippen molar-refractivity contribution in [2.24, 2.45) is 11.8 Å². The minimum Gasteiger partial charge on any atom is -0.478 e. The molecule has 0 aromatic heterocycles. The van der Waals surface area contributed by atoms with E-state index >= 15 is 0 Å². The zero-order valence-electron chi connectivity index (χ0n) is 22.8. The van der Waals surface area contributed by atoms with Crippen molar-refractivity contribution in [3.63, 3.8) is 0 Å². The van der Waals surface area contributed by atoms with Crippen LogP contribution < -0.4 is 5.32 Å². The predicted molar refractivity (Wildman–Crippen MR) is 143 cm³/mol. The normalized spacial score (nSPS) is 27.0. The zero-order valence-corrected chi connectivity index (χ0v) is 22.8. The van der Waals surface area contributed by atoms with Crippen LogP contribution >= 0.6 is 0 Å². The average Bonchev–Trinajstić information content (AvgIpc) is 2.87. The van der Waals surface area contributed by atoms with Gasteiger partial charge in [0.2, 0.25) is 0 Å². The number of rotatable bonds is 11. The summed E-state index contributed by atoms with van der Waals surface area (Å²) < 4.78 is 13.2. The first-order chi connectivity index (χ1) is 17.6. The van der Waals surface area contributed by atoms with Gasteiger partial charge in [0.25, 0.3) is 5.91 Å². The zero-order chi connectivity index (χ0) is 27.0. The number of Topliss-reactive ketones (excluding diaryl/α,β-unsaturated/α-hetero) is 1. The number of ether oxygens (including phenoxy) is 2. The summed E-state index contributed by atoms with van der Waals surface area (Å²) in [5, 5.41) is 12.2. The van der Waals surface area contributed by atoms with E-state index in [2.05, 4.69) is 25.2 Å². The summed E-state index contributed by atoms with van der Waals surface area (Å²) in [4.78, 5) is 35.4. The van der Waals surface area contributed by atoms with Gasteiger partial charge in [0, 0.05) is 19.4 Å². The Hall–Kier alpha value is -2.51. The smallest absolute Gasteiger partial charge is 0.336 e. The number of nitrogens with one attached hydrogen (secondary N) is 1. The summed E-state index contributed by atoms with van der Waals surface area (Å²) in [5.41, 5.74) is 1.01. The van der Waals surface area contributed by atoms with Gasteiger partial charge in [-0.1, -0.05) is 32.1 Å². The molecular weight excluding hydrogens is 470 g/mol. The molecule has 2 N–H and O–H groups in total. The number of amides is 1. The Kier molecular flexibility index (Phi) is 10.5. The number of carboxylic acid groups (broad SMARTS) is 1. The second-order valence-corrected chi connectivity index (χ2v) is 10.9. The van der Waals surface area contributed by atoms with E-state index in [1.165, 1.54) is 12.1 Å².